The van der Waals surface area contributed by atoms with Gasteiger partial charge in [0.2, 0.25) is 11.9 Å². The number of carbonyl (C=O) groups is 2. The first kappa shape index (κ1) is 25.9. The number of amides is 1. The van der Waals surface area contributed by atoms with Gasteiger partial charge in [-0.1, -0.05) is 6.07 Å². The zero-order valence-corrected chi connectivity index (χ0v) is 20.3. The summed E-state index contributed by atoms with van der Waals surface area (Å²) in [4.78, 5) is 40.1. The quantitative estimate of drug-likeness (QED) is 0.142. The number of carboxylic acids is 1. The first-order valence-corrected chi connectivity index (χ1v) is 11.7. The molecule has 1 atom stereocenters. The molecule has 2 heterocycles. The molecule has 0 unspecified atom stereocenters. The molecule has 0 radical (unpaired) electrons. The maximum absolute atomic E-state index is 12.4. The topological polar surface area (TPSA) is 228 Å². The van der Waals surface area contributed by atoms with Crippen LogP contribution in [-0.2, 0) is 11.3 Å². The number of carboxylic acid groups (broad SMARTS) is 1. The van der Waals surface area contributed by atoms with E-state index < -0.39 is 17.9 Å². The van der Waals surface area contributed by atoms with Gasteiger partial charge < -0.3 is 38.0 Å². The smallest absolute Gasteiger partial charge is 0.303 e. The number of primary amides is 1. The number of nitrogens with zero attached hydrogens (tertiary/aromatic N) is 4. The molecule has 0 bridgehead atoms. The highest BCUT2D eigenvalue weighted by atomic mass is 16.4. The van der Waals surface area contributed by atoms with Gasteiger partial charge in [0, 0.05) is 23.4 Å². The summed E-state index contributed by atoms with van der Waals surface area (Å²) in [6.45, 7) is 0.262. The molecule has 13 heteroatoms. The van der Waals surface area contributed by atoms with Crippen molar-refractivity contribution in [1.29, 1.82) is 0 Å². The second-order valence-electron chi connectivity index (χ2n) is 8.55. The number of phenols is 1. The van der Waals surface area contributed by atoms with Gasteiger partial charge in [0.15, 0.2) is 17.0 Å². The Kier molecular flexibility index (Phi) is 7.66. The van der Waals surface area contributed by atoms with E-state index in [1.54, 1.807) is 30.3 Å². The van der Waals surface area contributed by atoms with Gasteiger partial charge in [-0.25, -0.2) is 9.97 Å². The number of hydrogen-bond donors (Lipinski definition) is 7. The summed E-state index contributed by atoms with van der Waals surface area (Å²) in [7, 11) is 0. The summed E-state index contributed by atoms with van der Waals surface area (Å²) >= 11 is 0. The summed E-state index contributed by atoms with van der Waals surface area (Å²) in [5.41, 5.74) is 20.6. The number of rotatable bonds is 11. The monoisotopic (exact) mass is 517 g/mol. The second-order valence-corrected chi connectivity index (χ2v) is 8.55. The number of fused-ring (bicyclic) bond motifs is 1. The van der Waals surface area contributed by atoms with Gasteiger partial charge in [-0.05, 0) is 54.8 Å². The number of aromatic hydroxyl groups is 1. The Labute approximate surface area is 217 Å². The largest absolute Gasteiger partial charge is 0.508 e. The fourth-order valence-electron chi connectivity index (χ4n) is 3.97. The van der Waals surface area contributed by atoms with E-state index >= 15 is 0 Å². The lowest BCUT2D eigenvalue weighted by atomic mass is 9.94. The average Bonchev–Trinajstić information content (AvgIpc) is 2.88. The van der Waals surface area contributed by atoms with E-state index in [2.05, 4.69) is 30.6 Å². The Bertz CT molecular complexity index is 1480. The fraction of sp³-hybridized carbons (Fsp3) is 0.200. The number of aliphatic carboxylic acids is 1. The number of nitrogen functional groups attached to an aromatic ring is 2. The number of nitrogens with one attached hydrogen (secondary N) is 2. The number of carbonyl (C=O) groups excluding carboxylic acids is 1. The van der Waals surface area contributed by atoms with Crippen molar-refractivity contribution in [3.05, 3.63) is 65.5 Å². The minimum atomic E-state index is -0.906. The zero-order chi connectivity index (χ0) is 27.2. The van der Waals surface area contributed by atoms with Crippen LogP contribution < -0.4 is 27.8 Å². The standard InChI is InChI=1S/C25H27N9O4/c26-22-21-24(34-25(28)33-22)30-12-15(32-21)11-29-14-6-9-17(18(10-14)23(27)38)19(2-1-3-20(36)37)31-13-4-7-16(35)8-5-13/h4-10,12,19,29,31,35H,1-3,11H2,(H2,27,38)(H,36,37)(H4,26,28,30,33,34)/t19-/m0/s1. The molecule has 0 aliphatic carbocycles. The van der Waals surface area contributed by atoms with Crippen LogP contribution >= 0.6 is 0 Å². The molecule has 0 aliphatic rings. The average molecular weight is 518 g/mol. The molecule has 10 N–H and O–H groups in total. The molecule has 2 aromatic carbocycles. The van der Waals surface area contributed by atoms with Crippen LogP contribution in [0.4, 0.5) is 23.1 Å². The van der Waals surface area contributed by atoms with Crippen LogP contribution in [0.15, 0.2) is 48.7 Å². The zero-order valence-electron chi connectivity index (χ0n) is 20.3. The first-order chi connectivity index (χ1) is 18.2. The van der Waals surface area contributed by atoms with E-state index in [1.165, 1.54) is 18.3 Å². The van der Waals surface area contributed by atoms with E-state index in [0.717, 1.165) is 0 Å². The van der Waals surface area contributed by atoms with Crippen molar-refractivity contribution in [2.45, 2.75) is 31.8 Å². The van der Waals surface area contributed by atoms with Gasteiger partial charge in [-0.2, -0.15) is 9.97 Å². The van der Waals surface area contributed by atoms with Crippen LogP contribution in [0, 0.1) is 0 Å². The third kappa shape index (κ3) is 6.32. The molecule has 13 nitrogen and oxygen atoms in total. The van der Waals surface area contributed by atoms with Crippen molar-refractivity contribution >= 4 is 46.2 Å². The molecule has 0 saturated heterocycles. The second kappa shape index (κ2) is 11.2. The Hall–Kier alpha value is -5.20. The number of phenolic OH excluding ortho intramolecular Hbond substituents is 1. The van der Waals surface area contributed by atoms with E-state index in [4.69, 9.17) is 22.3 Å². The summed E-state index contributed by atoms with van der Waals surface area (Å²) in [5, 5.41) is 25.2. The first-order valence-electron chi connectivity index (χ1n) is 11.7. The van der Waals surface area contributed by atoms with Crippen molar-refractivity contribution in [3.8, 4) is 5.75 Å². The predicted octanol–water partition coefficient (Wildman–Crippen LogP) is 2.41. The lowest BCUT2D eigenvalue weighted by Crippen LogP contribution is -2.20. The maximum atomic E-state index is 12.4. The number of anilines is 4. The van der Waals surface area contributed by atoms with Gasteiger partial charge in [0.25, 0.3) is 0 Å². The molecule has 2 aromatic heterocycles. The molecule has 38 heavy (non-hydrogen) atoms. The predicted molar refractivity (Wildman–Crippen MR) is 142 cm³/mol. The van der Waals surface area contributed by atoms with E-state index in [-0.39, 0.29) is 41.7 Å². The lowest BCUT2D eigenvalue weighted by molar-refractivity contribution is -0.137. The summed E-state index contributed by atoms with van der Waals surface area (Å²) < 4.78 is 0. The molecule has 4 aromatic rings. The molecule has 0 fully saturated rings. The van der Waals surface area contributed by atoms with Gasteiger partial charge >= 0.3 is 5.97 Å². The minimum absolute atomic E-state index is 0.00964. The van der Waals surface area contributed by atoms with Gasteiger partial charge in [-0.15, -0.1) is 0 Å². The van der Waals surface area contributed by atoms with Gasteiger partial charge in [0.1, 0.15) is 5.75 Å². The van der Waals surface area contributed by atoms with E-state index in [1.807, 2.05) is 0 Å². The highest BCUT2D eigenvalue weighted by molar-refractivity contribution is 5.95. The van der Waals surface area contributed by atoms with Crippen LogP contribution in [0.5, 0.6) is 5.75 Å². The number of aromatic nitrogens is 4. The SMILES string of the molecule is NC(=O)c1cc(NCc2cnc3nc(N)nc(N)c3n2)ccc1[C@H](CCCC(=O)O)Nc1ccc(O)cc1. The van der Waals surface area contributed by atoms with E-state index in [9.17, 15) is 14.7 Å². The van der Waals surface area contributed by atoms with Crippen molar-refractivity contribution in [2.24, 2.45) is 5.73 Å². The molecule has 0 spiro atoms. The molecular formula is C25H27N9O4. The Morgan fingerprint density at radius 1 is 1.00 bits per heavy atom. The van der Waals surface area contributed by atoms with E-state index in [0.29, 0.717) is 41.0 Å². The van der Waals surface area contributed by atoms with Crippen molar-refractivity contribution in [1.82, 2.24) is 19.9 Å². The Morgan fingerprint density at radius 3 is 2.45 bits per heavy atom. The third-order valence-corrected chi connectivity index (χ3v) is 5.76. The van der Waals surface area contributed by atoms with Crippen LogP contribution in [0.1, 0.15) is 46.9 Å². The molecule has 1 amide bonds. The summed E-state index contributed by atoms with van der Waals surface area (Å²) in [6.07, 6.45) is 2.32. The van der Waals surface area contributed by atoms with Crippen LogP contribution in [0.2, 0.25) is 0 Å². The van der Waals surface area contributed by atoms with Crippen molar-refractivity contribution in [3.63, 3.8) is 0 Å². The number of nitrogens with two attached hydrogens (primary N) is 3. The number of benzene rings is 2. The molecular weight excluding hydrogens is 490 g/mol. The summed E-state index contributed by atoms with van der Waals surface area (Å²) in [5.74, 6) is -1.29. The van der Waals surface area contributed by atoms with Crippen LogP contribution in [0.3, 0.4) is 0 Å². The lowest BCUT2D eigenvalue weighted by Gasteiger charge is -2.23. The Morgan fingerprint density at radius 2 is 1.74 bits per heavy atom. The third-order valence-electron chi connectivity index (χ3n) is 5.76. The molecule has 4 rings (SSSR count). The minimum Gasteiger partial charge on any atom is -0.508 e. The maximum Gasteiger partial charge on any atom is 0.303 e. The van der Waals surface area contributed by atoms with Gasteiger partial charge in [0.05, 0.1) is 24.5 Å². The normalized spacial score (nSPS) is 11.7. The Balaban J connectivity index is 1.57. The van der Waals surface area contributed by atoms with Gasteiger partial charge in [-0.3, -0.25) is 9.59 Å². The molecule has 0 saturated carbocycles. The van der Waals surface area contributed by atoms with Crippen molar-refractivity contribution in [2.75, 3.05) is 22.1 Å². The van der Waals surface area contributed by atoms with Crippen LogP contribution in [-0.4, -0.2) is 42.0 Å². The number of hydrogen-bond acceptors (Lipinski definition) is 11. The highest BCUT2D eigenvalue weighted by Gasteiger charge is 2.20. The van der Waals surface area contributed by atoms with Crippen molar-refractivity contribution < 1.29 is 19.8 Å². The summed E-state index contributed by atoms with van der Waals surface area (Å²) in [6, 6.07) is 11.2. The molecule has 196 valence electrons. The molecule has 0 aliphatic heterocycles. The van der Waals surface area contributed by atoms with Crippen LogP contribution in [0.25, 0.3) is 11.2 Å². The fourth-order valence-corrected chi connectivity index (χ4v) is 3.97. The highest BCUT2D eigenvalue weighted by Crippen LogP contribution is 2.30.